The number of aryl methyl sites for hydroxylation is 1. The summed E-state index contributed by atoms with van der Waals surface area (Å²) in [6, 6.07) is 10.8. The first kappa shape index (κ1) is 13.7. The average molecular weight is 230 g/mol. The standard InChI is InChI=1S/C15H22N2/c1-12(2)15(10-16)11-17-9-8-14-7-5-4-6-13(14)3/h4-7,12,15,17H,8-9,11H2,1-3H3. The van der Waals surface area contributed by atoms with Crippen LogP contribution in [-0.4, -0.2) is 13.1 Å². The molecule has 2 nitrogen and oxygen atoms in total. The Labute approximate surface area is 105 Å². The predicted molar refractivity (Wildman–Crippen MR) is 71.7 cm³/mol. The zero-order chi connectivity index (χ0) is 12.7. The fourth-order valence-electron chi connectivity index (χ4n) is 1.80. The van der Waals surface area contributed by atoms with E-state index in [0.29, 0.717) is 5.92 Å². The Morgan fingerprint density at radius 1 is 1.29 bits per heavy atom. The SMILES string of the molecule is Cc1ccccc1CCNCC(C#N)C(C)C. The third-order valence-electron chi connectivity index (χ3n) is 3.17. The monoisotopic (exact) mass is 230 g/mol. The fourth-order valence-corrected chi connectivity index (χ4v) is 1.80. The minimum atomic E-state index is 0.117. The molecule has 0 amide bonds. The summed E-state index contributed by atoms with van der Waals surface area (Å²) in [4.78, 5) is 0. The van der Waals surface area contributed by atoms with E-state index in [4.69, 9.17) is 5.26 Å². The van der Waals surface area contributed by atoms with Gasteiger partial charge < -0.3 is 5.32 Å². The Bertz CT molecular complexity index is 377. The van der Waals surface area contributed by atoms with Crippen LogP contribution >= 0.6 is 0 Å². The van der Waals surface area contributed by atoms with Crippen LogP contribution in [0.25, 0.3) is 0 Å². The molecule has 0 fully saturated rings. The van der Waals surface area contributed by atoms with E-state index in [-0.39, 0.29) is 5.92 Å². The highest BCUT2D eigenvalue weighted by Gasteiger charge is 2.10. The first-order valence-electron chi connectivity index (χ1n) is 6.30. The van der Waals surface area contributed by atoms with Gasteiger partial charge in [-0.1, -0.05) is 38.1 Å². The second-order valence-corrected chi connectivity index (χ2v) is 4.86. The summed E-state index contributed by atoms with van der Waals surface area (Å²) < 4.78 is 0. The first-order chi connectivity index (χ1) is 8.15. The molecule has 0 aliphatic rings. The predicted octanol–water partition coefficient (Wildman–Crippen LogP) is 2.92. The Morgan fingerprint density at radius 2 is 2.00 bits per heavy atom. The minimum Gasteiger partial charge on any atom is -0.315 e. The highest BCUT2D eigenvalue weighted by Crippen LogP contribution is 2.09. The van der Waals surface area contributed by atoms with E-state index in [1.54, 1.807) is 0 Å². The molecular weight excluding hydrogens is 208 g/mol. The zero-order valence-electron chi connectivity index (χ0n) is 11.0. The lowest BCUT2D eigenvalue weighted by Crippen LogP contribution is -2.27. The maximum absolute atomic E-state index is 8.97. The van der Waals surface area contributed by atoms with Crippen LogP contribution in [0.2, 0.25) is 0 Å². The van der Waals surface area contributed by atoms with Crippen molar-refractivity contribution in [2.75, 3.05) is 13.1 Å². The summed E-state index contributed by atoms with van der Waals surface area (Å²) in [7, 11) is 0. The molecule has 0 radical (unpaired) electrons. The molecule has 1 aromatic rings. The van der Waals surface area contributed by atoms with E-state index in [9.17, 15) is 0 Å². The van der Waals surface area contributed by atoms with Gasteiger partial charge in [0, 0.05) is 6.54 Å². The van der Waals surface area contributed by atoms with Crippen molar-refractivity contribution in [3.8, 4) is 6.07 Å². The van der Waals surface area contributed by atoms with Crippen molar-refractivity contribution >= 4 is 0 Å². The van der Waals surface area contributed by atoms with Gasteiger partial charge in [-0.05, 0) is 36.9 Å². The van der Waals surface area contributed by atoms with Gasteiger partial charge in [-0.15, -0.1) is 0 Å². The topological polar surface area (TPSA) is 35.8 Å². The molecule has 1 N–H and O–H groups in total. The fraction of sp³-hybridized carbons (Fsp3) is 0.533. The van der Waals surface area contributed by atoms with Crippen LogP contribution < -0.4 is 5.32 Å². The van der Waals surface area contributed by atoms with Crippen molar-refractivity contribution in [1.82, 2.24) is 5.32 Å². The average Bonchev–Trinajstić information content (AvgIpc) is 2.31. The van der Waals surface area contributed by atoms with Gasteiger partial charge in [0.1, 0.15) is 0 Å². The summed E-state index contributed by atoms with van der Waals surface area (Å²) in [6.07, 6.45) is 1.03. The molecule has 92 valence electrons. The van der Waals surface area contributed by atoms with Crippen LogP contribution in [-0.2, 0) is 6.42 Å². The largest absolute Gasteiger partial charge is 0.315 e. The molecule has 0 spiro atoms. The molecule has 1 rings (SSSR count). The van der Waals surface area contributed by atoms with E-state index < -0.39 is 0 Å². The summed E-state index contributed by atoms with van der Waals surface area (Å²) in [6.45, 7) is 8.06. The lowest BCUT2D eigenvalue weighted by Gasteiger charge is -2.14. The second kappa shape index (κ2) is 7.09. The van der Waals surface area contributed by atoms with E-state index in [1.165, 1.54) is 11.1 Å². The Hall–Kier alpha value is -1.33. The molecule has 0 bridgehead atoms. The van der Waals surface area contributed by atoms with Crippen LogP contribution in [0.15, 0.2) is 24.3 Å². The highest BCUT2D eigenvalue weighted by molar-refractivity contribution is 5.25. The molecule has 0 aromatic heterocycles. The summed E-state index contributed by atoms with van der Waals surface area (Å²) in [5, 5.41) is 12.3. The Morgan fingerprint density at radius 3 is 2.59 bits per heavy atom. The van der Waals surface area contributed by atoms with Gasteiger partial charge in [0.05, 0.1) is 12.0 Å². The third kappa shape index (κ3) is 4.58. The number of hydrogen-bond donors (Lipinski definition) is 1. The molecule has 0 aliphatic carbocycles. The van der Waals surface area contributed by atoms with Crippen LogP contribution in [0, 0.1) is 30.1 Å². The van der Waals surface area contributed by atoms with E-state index in [0.717, 1.165) is 19.5 Å². The van der Waals surface area contributed by atoms with Crippen molar-refractivity contribution in [1.29, 1.82) is 5.26 Å². The highest BCUT2D eigenvalue weighted by atomic mass is 14.9. The van der Waals surface area contributed by atoms with Gasteiger partial charge in [-0.2, -0.15) is 5.26 Å². The molecule has 0 aliphatic heterocycles. The van der Waals surface area contributed by atoms with E-state index in [1.807, 2.05) is 0 Å². The molecule has 1 aromatic carbocycles. The second-order valence-electron chi connectivity index (χ2n) is 4.86. The first-order valence-corrected chi connectivity index (χ1v) is 6.30. The van der Waals surface area contributed by atoms with Gasteiger partial charge >= 0.3 is 0 Å². The van der Waals surface area contributed by atoms with Crippen LogP contribution in [0.3, 0.4) is 0 Å². The van der Waals surface area contributed by atoms with E-state index in [2.05, 4.69) is 56.4 Å². The molecule has 1 atom stereocenters. The van der Waals surface area contributed by atoms with Gasteiger partial charge in [0.25, 0.3) is 0 Å². The van der Waals surface area contributed by atoms with Crippen molar-refractivity contribution in [3.63, 3.8) is 0 Å². The summed E-state index contributed by atoms with van der Waals surface area (Å²) in [5.41, 5.74) is 2.73. The Kier molecular flexibility index (Phi) is 5.72. The molecule has 17 heavy (non-hydrogen) atoms. The smallest absolute Gasteiger partial charge is 0.0671 e. The van der Waals surface area contributed by atoms with E-state index >= 15 is 0 Å². The van der Waals surface area contributed by atoms with Crippen molar-refractivity contribution < 1.29 is 0 Å². The number of nitrogens with one attached hydrogen (secondary N) is 1. The third-order valence-corrected chi connectivity index (χ3v) is 3.17. The maximum Gasteiger partial charge on any atom is 0.0671 e. The van der Waals surface area contributed by atoms with Crippen molar-refractivity contribution in [3.05, 3.63) is 35.4 Å². The number of nitriles is 1. The summed E-state index contributed by atoms with van der Waals surface area (Å²) in [5.74, 6) is 0.540. The van der Waals surface area contributed by atoms with Crippen LogP contribution in [0.5, 0.6) is 0 Å². The molecule has 1 unspecified atom stereocenters. The minimum absolute atomic E-state index is 0.117. The Balaban J connectivity index is 2.30. The lowest BCUT2D eigenvalue weighted by molar-refractivity contribution is 0.444. The number of hydrogen-bond acceptors (Lipinski definition) is 2. The molecule has 0 heterocycles. The normalized spacial score (nSPS) is 12.4. The molecule has 0 saturated carbocycles. The van der Waals surface area contributed by atoms with Crippen molar-refractivity contribution in [2.45, 2.75) is 27.2 Å². The number of rotatable bonds is 6. The van der Waals surface area contributed by atoms with Gasteiger partial charge in [-0.25, -0.2) is 0 Å². The zero-order valence-corrected chi connectivity index (χ0v) is 11.0. The maximum atomic E-state index is 8.97. The van der Waals surface area contributed by atoms with Gasteiger partial charge in [0.15, 0.2) is 0 Å². The van der Waals surface area contributed by atoms with Gasteiger partial charge in [0.2, 0.25) is 0 Å². The molecule has 2 heteroatoms. The molecular formula is C15H22N2. The lowest BCUT2D eigenvalue weighted by atomic mass is 9.97. The summed E-state index contributed by atoms with van der Waals surface area (Å²) >= 11 is 0. The number of benzene rings is 1. The van der Waals surface area contributed by atoms with Crippen molar-refractivity contribution in [2.24, 2.45) is 11.8 Å². The van der Waals surface area contributed by atoms with Crippen LogP contribution in [0.4, 0.5) is 0 Å². The quantitative estimate of drug-likeness (QED) is 0.763. The van der Waals surface area contributed by atoms with Crippen LogP contribution in [0.1, 0.15) is 25.0 Å². The molecule has 0 saturated heterocycles. The van der Waals surface area contributed by atoms with Gasteiger partial charge in [-0.3, -0.25) is 0 Å². The number of nitrogens with zero attached hydrogens (tertiary/aromatic N) is 1.